The summed E-state index contributed by atoms with van der Waals surface area (Å²) in [7, 11) is 0. The molecule has 2 amide bonds. The molecule has 1 aliphatic rings. The van der Waals surface area contributed by atoms with E-state index < -0.39 is 17.8 Å². The van der Waals surface area contributed by atoms with Crippen LogP contribution in [0.3, 0.4) is 0 Å². The Morgan fingerprint density at radius 1 is 1.16 bits per heavy atom. The van der Waals surface area contributed by atoms with Crippen molar-refractivity contribution >= 4 is 29.1 Å². The van der Waals surface area contributed by atoms with Crippen molar-refractivity contribution in [3.8, 4) is 0 Å². The molecule has 2 aromatic carbocycles. The number of carboxylic acid groups (broad SMARTS) is 1. The van der Waals surface area contributed by atoms with Gasteiger partial charge in [-0.25, -0.2) is 18.7 Å². The summed E-state index contributed by atoms with van der Waals surface area (Å²) in [4.78, 5) is 41.8. The van der Waals surface area contributed by atoms with E-state index in [1.54, 1.807) is 31.2 Å². The Morgan fingerprint density at radius 2 is 1.97 bits per heavy atom. The van der Waals surface area contributed by atoms with Gasteiger partial charge in [0, 0.05) is 12.6 Å². The zero-order valence-electron chi connectivity index (χ0n) is 19.8. The molecule has 1 aliphatic carbocycles. The number of fused-ring (bicyclic) bond motifs is 2. The highest BCUT2D eigenvalue weighted by Crippen LogP contribution is 2.32. The van der Waals surface area contributed by atoms with Crippen molar-refractivity contribution in [1.82, 2.24) is 25.2 Å². The molecule has 0 aliphatic heterocycles. The lowest BCUT2D eigenvalue weighted by atomic mass is 10.0. The minimum Gasteiger partial charge on any atom is -0.478 e. The molecular formula is C26H23FN6O4. The SMILES string of the molecule is Cc1cc(CNC(=O)c2cc(C(=O)N[C@H]3CCc4cc(C(=O)O)ccc43)nc3c(N)cnn23)ccc1F. The van der Waals surface area contributed by atoms with Crippen molar-refractivity contribution in [1.29, 1.82) is 0 Å². The van der Waals surface area contributed by atoms with Gasteiger partial charge >= 0.3 is 5.97 Å². The molecule has 2 aromatic heterocycles. The van der Waals surface area contributed by atoms with Gasteiger partial charge in [0.15, 0.2) is 5.65 Å². The van der Waals surface area contributed by atoms with Crippen molar-refractivity contribution in [2.45, 2.75) is 32.4 Å². The molecule has 5 N–H and O–H groups in total. The van der Waals surface area contributed by atoms with Gasteiger partial charge < -0.3 is 21.5 Å². The molecule has 0 unspecified atom stereocenters. The van der Waals surface area contributed by atoms with Crippen LogP contribution in [0.4, 0.5) is 10.1 Å². The maximum atomic E-state index is 13.6. The number of hydrogen-bond acceptors (Lipinski definition) is 6. The summed E-state index contributed by atoms with van der Waals surface area (Å²) in [5.41, 5.74) is 9.46. The molecule has 0 fully saturated rings. The molecule has 0 radical (unpaired) electrons. The standard InChI is InChI=1S/C26H23FN6O4/c1-13-8-14(2-6-18(13)27)11-29-25(35)22-10-21(31-23-19(28)12-30-33(22)23)24(34)32-20-7-4-15-9-16(26(36)37)3-5-17(15)20/h2-3,5-6,8-10,12,20H,4,7,11,28H2,1H3,(H,29,35)(H,32,34)(H,36,37)/t20-/m0/s1. The Bertz CT molecular complexity index is 1580. The molecule has 0 bridgehead atoms. The van der Waals surface area contributed by atoms with E-state index in [4.69, 9.17) is 5.73 Å². The number of aromatic nitrogens is 3. The Balaban J connectivity index is 1.39. The molecule has 37 heavy (non-hydrogen) atoms. The Labute approximate surface area is 210 Å². The topological polar surface area (TPSA) is 152 Å². The number of nitrogens with zero attached hydrogens (tertiary/aromatic N) is 3. The minimum atomic E-state index is -1.01. The van der Waals surface area contributed by atoms with Gasteiger partial charge in [-0.1, -0.05) is 18.2 Å². The first-order valence-electron chi connectivity index (χ1n) is 11.6. The third-order valence-electron chi connectivity index (χ3n) is 6.41. The maximum absolute atomic E-state index is 13.6. The number of carbonyl (C=O) groups excluding carboxylic acids is 2. The van der Waals surface area contributed by atoms with Crippen molar-refractivity contribution in [3.63, 3.8) is 0 Å². The number of nitrogens with two attached hydrogens (primary N) is 1. The van der Waals surface area contributed by atoms with E-state index >= 15 is 0 Å². The number of nitrogen functional groups attached to an aromatic ring is 1. The number of rotatable bonds is 6. The van der Waals surface area contributed by atoms with E-state index in [0.717, 1.165) is 11.1 Å². The lowest BCUT2D eigenvalue weighted by molar-refractivity contribution is 0.0696. The molecule has 4 aromatic rings. The summed E-state index contributed by atoms with van der Waals surface area (Å²) < 4.78 is 14.8. The number of hydrogen-bond donors (Lipinski definition) is 4. The van der Waals surface area contributed by atoms with Crippen molar-refractivity contribution in [2.24, 2.45) is 0 Å². The average Bonchev–Trinajstić information content (AvgIpc) is 3.46. The van der Waals surface area contributed by atoms with Crippen molar-refractivity contribution < 1.29 is 23.9 Å². The molecule has 0 saturated carbocycles. The molecule has 188 valence electrons. The van der Waals surface area contributed by atoms with Gasteiger partial charge in [-0.3, -0.25) is 9.59 Å². The Morgan fingerprint density at radius 3 is 2.73 bits per heavy atom. The molecule has 1 atom stereocenters. The lowest BCUT2D eigenvalue weighted by Crippen LogP contribution is -2.30. The van der Waals surface area contributed by atoms with Crippen LogP contribution >= 0.6 is 0 Å². The van der Waals surface area contributed by atoms with E-state index in [0.29, 0.717) is 24.0 Å². The largest absolute Gasteiger partial charge is 0.478 e. The fourth-order valence-electron chi connectivity index (χ4n) is 4.48. The van der Waals surface area contributed by atoms with Gasteiger partial charge in [0.05, 0.1) is 23.5 Å². The van der Waals surface area contributed by atoms with E-state index in [2.05, 4.69) is 20.7 Å². The van der Waals surface area contributed by atoms with Gasteiger partial charge in [-0.2, -0.15) is 5.10 Å². The number of anilines is 1. The quantitative estimate of drug-likeness (QED) is 0.316. The minimum absolute atomic E-state index is 0.0157. The molecule has 2 heterocycles. The van der Waals surface area contributed by atoms with Crippen LogP contribution in [0.2, 0.25) is 0 Å². The van der Waals surface area contributed by atoms with E-state index in [-0.39, 0.29) is 46.7 Å². The zero-order valence-corrected chi connectivity index (χ0v) is 19.8. The third-order valence-corrected chi connectivity index (χ3v) is 6.41. The number of aryl methyl sites for hydroxylation is 2. The van der Waals surface area contributed by atoms with Crippen molar-refractivity contribution in [3.05, 3.63) is 93.7 Å². The first kappa shape index (κ1) is 23.9. The van der Waals surface area contributed by atoms with Crippen LogP contribution in [0.25, 0.3) is 5.65 Å². The number of halogens is 1. The highest BCUT2D eigenvalue weighted by Gasteiger charge is 2.27. The molecule has 5 rings (SSSR count). The van der Waals surface area contributed by atoms with Crippen LogP contribution in [-0.4, -0.2) is 37.5 Å². The lowest BCUT2D eigenvalue weighted by Gasteiger charge is -2.15. The Kier molecular flexibility index (Phi) is 6.04. The molecular weight excluding hydrogens is 479 g/mol. The van der Waals surface area contributed by atoms with Crippen molar-refractivity contribution in [2.75, 3.05) is 5.73 Å². The highest BCUT2D eigenvalue weighted by atomic mass is 19.1. The summed E-state index contributed by atoms with van der Waals surface area (Å²) >= 11 is 0. The number of nitrogens with one attached hydrogen (secondary N) is 2. The summed E-state index contributed by atoms with van der Waals surface area (Å²) in [6, 6.07) is 10.4. The third kappa shape index (κ3) is 4.58. The van der Waals surface area contributed by atoms with Gasteiger partial charge in [0.1, 0.15) is 17.2 Å². The first-order valence-corrected chi connectivity index (χ1v) is 11.6. The first-order chi connectivity index (χ1) is 17.7. The van der Waals surface area contributed by atoms with Crippen LogP contribution in [0.15, 0.2) is 48.7 Å². The predicted molar refractivity (Wildman–Crippen MR) is 132 cm³/mol. The fraction of sp³-hybridized carbons (Fsp3) is 0.192. The van der Waals surface area contributed by atoms with E-state index in [9.17, 15) is 23.9 Å². The number of aromatic carboxylic acids is 1. The summed E-state index contributed by atoms with van der Waals surface area (Å²) in [5.74, 6) is -2.36. The average molecular weight is 503 g/mol. The number of amides is 2. The summed E-state index contributed by atoms with van der Waals surface area (Å²) in [6.45, 7) is 1.78. The predicted octanol–water partition coefficient (Wildman–Crippen LogP) is 2.80. The number of carbonyl (C=O) groups is 3. The number of benzene rings is 2. The van der Waals surface area contributed by atoms with Gasteiger partial charge in [0.2, 0.25) is 0 Å². The maximum Gasteiger partial charge on any atom is 0.335 e. The zero-order chi connectivity index (χ0) is 26.3. The second-order valence-electron chi connectivity index (χ2n) is 8.91. The van der Waals surface area contributed by atoms with Gasteiger partial charge in [-0.05, 0) is 60.2 Å². The molecule has 10 nitrogen and oxygen atoms in total. The summed E-state index contributed by atoms with van der Waals surface area (Å²) in [6.07, 6.45) is 2.57. The van der Waals surface area contributed by atoms with Crippen LogP contribution in [0, 0.1) is 12.7 Å². The second-order valence-corrected chi connectivity index (χ2v) is 8.91. The van der Waals surface area contributed by atoms with Crippen LogP contribution in [-0.2, 0) is 13.0 Å². The van der Waals surface area contributed by atoms with Gasteiger partial charge in [-0.15, -0.1) is 0 Å². The van der Waals surface area contributed by atoms with Gasteiger partial charge in [0.25, 0.3) is 11.8 Å². The Hall–Kier alpha value is -4.80. The smallest absolute Gasteiger partial charge is 0.335 e. The van der Waals surface area contributed by atoms with E-state index in [1.165, 1.54) is 28.9 Å². The second kappa shape index (κ2) is 9.34. The van der Waals surface area contributed by atoms with E-state index in [1.807, 2.05) is 0 Å². The van der Waals surface area contributed by atoms with Crippen LogP contribution in [0.5, 0.6) is 0 Å². The van der Waals surface area contributed by atoms with Crippen LogP contribution in [0.1, 0.15) is 66.1 Å². The summed E-state index contributed by atoms with van der Waals surface area (Å²) in [5, 5.41) is 19.0. The monoisotopic (exact) mass is 502 g/mol. The van der Waals surface area contributed by atoms with Crippen LogP contribution < -0.4 is 16.4 Å². The highest BCUT2D eigenvalue weighted by molar-refractivity contribution is 5.99. The molecule has 0 saturated heterocycles. The fourth-order valence-corrected chi connectivity index (χ4v) is 4.48. The number of carboxylic acids is 1. The molecule has 0 spiro atoms. The molecule has 11 heteroatoms. The normalized spacial score (nSPS) is 14.4.